The summed E-state index contributed by atoms with van der Waals surface area (Å²) in [5.41, 5.74) is 1.20. The molecule has 0 aliphatic carbocycles. The molecule has 0 saturated carbocycles. The van der Waals surface area contributed by atoms with Gasteiger partial charge in [-0.25, -0.2) is 0 Å². The summed E-state index contributed by atoms with van der Waals surface area (Å²) < 4.78 is 5.90. The van der Waals surface area contributed by atoms with Crippen molar-refractivity contribution < 1.29 is 9.53 Å². The van der Waals surface area contributed by atoms with Crippen LogP contribution in [0.4, 0.5) is 0 Å². The number of nitrogens with one attached hydrogen (secondary N) is 1. The molecule has 1 aromatic rings. The van der Waals surface area contributed by atoms with E-state index in [-0.39, 0.29) is 24.0 Å². The standard InChI is InChI=1S/C15H19ClN2O2/c1-17-15(19)13-6-12-8-18(9-14(13)20-12)7-10-3-2-4-11(16)5-10/h2-5,12-14H,6-9H2,1H3,(H,17,19)/t12-,13+,14+/m0/s1. The van der Waals surface area contributed by atoms with E-state index >= 15 is 0 Å². The summed E-state index contributed by atoms with van der Waals surface area (Å²) in [6.07, 6.45) is 1.03. The lowest BCUT2D eigenvalue weighted by atomic mass is 10.00. The highest BCUT2D eigenvalue weighted by Gasteiger charge is 2.44. The molecule has 2 saturated heterocycles. The first-order valence-corrected chi connectivity index (χ1v) is 7.37. The molecule has 2 aliphatic heterocycles. The monoisotopic (exact) mass is 294 g/mol. The molecular weight excluding hydrogens is 276 g/mol. The zero-order valence-electron chi connectivity index (χ0n) is 11.5. The fourth-order valence-electron chi connectivity index (χ4n) is 3.22. The average Bonchev–Trinajstić information content (AvgIpc) is 2.73. The smallest absolute Gasteiger partial charge is 0.225 e. The largest absolute Gasteiger partial charge is 0.371 e. The van der Waals surface area contributed by atoms with Crippen LogP contribution in [0.5, 0.6) is 0 Å². The summed E-state index contributed by atoms with van der Waals surface area (Å²) in [4.78, 5) is 14.2. The van der Waals surface area contributed by atoms with Crippen LogP contribution in [0.1, 0.15) is 12.0 Å². The minimum atomic E-state index is -0.00522. The number of hydrogen-bond acceptors (Lipinski definition) is 3. The Kier molecular flexibility index (Phi) is 3.96. The van der Waals surface area contributed by atoms with E-state index in [1.165, 1.54) is 5.56 Å². The van der Waals surface area contributed by atoms with E-state index < -0.39 is 0 Å². The number of morpholine rings is 1. The maximum absolute atomic E-state index is 11.8. The minimum Gasteiger partial charge on any atom is -0.371 e. The van der Waals surface area contributed by atoms with Gasteiger partial charge < -0.3 is 10.1 Å². The molecule has 1 N–H and O–H groups in total. The summed E-state index contributed by atoms with van der Waals surface area (Å²) in [5.74, 6) is 0.0940. The van der Waals surface area contributed by atoms with Crippen molar-refractivity contribution in [2.45, 2.75) is 25.2 Å². The van der Waals surface area contributed by atoms with Crippen LogP contribution in [0.2, 0.25) is 5.02 Å². The van der Waals surface area contributed by atoms with E-state index in [2.05, 4.69) is 16.3 Å². The number of nitrogens with zero attached hydrogens (tertiary/aromatic N) is 1. The number of carbonyl (C=O) groups excluding carboxylic acids is 1. The molecule has 0 radical (unpaired) electrons. The number of ether oxygens (including phenoxy) is 1. The first-order valence-electron chi connectivity index (χ1n) is 6.99. The van der Waals surface area contributed by atoms with Gasteiger partial charge in [0.25, 0.3) is 0 Å². The van der Waals surface area contributed by atoms with E-state index in [1.54, 1.807) is 7.05 Å². The molecule has 108 valence electrons. The number of halogens is 1. The Hall–Kier alpha value is -1.10. The van der Waals surface area contributed by atoms with Gasteiger partial charge in [0.15, 0.2) is 0 Å². The number of likely N-dealkylation sites (tertiary alicyclic amines) is 1. The second-order valence-corrected chi connectivity index (χ2v) is 6.01. The molecule has 1 amide bonds. The topological polar surface area (TPSA) is 41.6 Å². The molecule has 0 unspecified atom stereocenters. The summed E-state index contributed by atoms with van der Waals surface area (Å²) in [6.45, 7) is 2.55. The fourth-order valence-corrected chi connectivity index (χ4v) is 3.43. The van der Waals surface area contributed by atoms with Crippen molar-refractivity contribution >= 4 is 17.5 Å². The SMILES string of the molecule is CNC(=O)[C@@H]1C[C@H]2CN(Cc3cccc(Cl)c3)C[C@H]1O2. The number of hydrogen-bond donors (Lipinski definition) is 1. The van der Waals surface area contributed by atoms with Gasteiger partial charge in [-0.05, 0) is 24.1 Å². The van der Waals surface area contributed by atoms with Gasteiger partial charge in [-0.3, -0.25) is 9.69 Å². The Balaban J connectivity index is 1.65. The Morgan fingerprint density at radius 2 is 2.35 bits per heavy atom. The van der Waals surface area contributed by atoms with Gasteiger partial charge in [0.05, 0.1) is 18.1 Å². The lowest BCUT2D eigenvalue weighted by Gasteiger charge is -2.32. The number of rotatable bonds is 3. The van der Waals surface area contributed by atoms with E-state index in [0.717, 1.165) is 31.1 Å². The highest BCUT2D eigenvalue weighted by Crippen LogP contribution is 2.32. The molecule has 2 bridgehead atoms. The maximum atomic E-state index is 11.8. The van der Waals surface area contributed by atoms with Crippen molar-refractivity contribution in [3.05, 3.63) is 34.9 Å². The molecule has 3 rings (SSSR count). The van der Waals surface area contributed by atoms with Gasteiger partial charge in [-0.15, -0.1) is 0 Å². The molecule has 4 nitrogen and oxygen atoms in total. The molecular formula is C15H19ClN2O2. The van der Waals surface area contributed by atoms with E-state index in [0.29, 0.717) is 0 Å². The highest BCUT2D eigenvalue weighted by atomic mass is 35.5. The molecule has 3 atom stereocenters. The first kappa shape index (κ1) is 13.9. The van der Waals surface area contributed by atoms with E-state index in [9.17, 15) is 4.79 Å². The third-order valence-electron chi connectivity index (χ3n) is 4.11. The van der Waals surface area contributed by atoms with Crippen molar-refractivity contribution in [1.82, 2.24) is 10.2 Å². The van der Waals surface area contributed by atoms with Crippen molar-refractivity contribution in [3.8, 4) is 0 Å². The van der Waals surface area contributed by atoms with Crippen LogP contribution in [0, 0.1) is 5.92 Å². The van der Waals surface area contributed by atoms with Gasteiger partial charge in [0, 0.05) is 31.7 Å². The van der Waals surface area contributed by atoms with Crippen molar-refractivity contribution in [3.63, 3.8) is 0 Å². The zero-order chi connectivity index (χ0) is 14.1. The summed E-state index contributed by atoms with van der Waals surface area (Å²) in [6, 6.07) is 7.93. The summed E-state index contributed by atoms with van der Waals surface area (Å²) in [5, 5.41) is 3.50. The van der Waals surface area contributed by atoms with Crippen LogP contribution in [0.3, 0.4) is 0 Å². The van der Waals surface area contributed by atoms with Gasteiger partial charge >= 0.3 is 0 Å². The molecule has 5 heteroatoms. The van der Waals surface area contributed by atoms with Crippen LogP contribution < -0.4 is 5.32 Å². The predicted octanol–water partition coefficient (Wildman–Crippen LogP) is 1.68. The normalized spacial score (nSPS) is 29.4. The van der Waals surface area contributed by atoms with Crippen molar-refractivity contribution in [1.29, 1.82) is 0 Å². The van der Waals surface area contributed by atoms with Crippen molar-refractivity contribution in [2.75, 3.05) is 20.1 Å². The molecule has 2 fully saturated rings. The summed E-state index contributed by atoms with van der Waals surface area (Å²) in [7, 11) is 1.69. The lowest BCUT2D eigenvalue weighted by Crippen LogP contribution is -2.44. The van der Waals surface area contributed by atoms with Crippen LogP contribution >= 0.6 is 11.6 Å². The van der Waals surface area contributed by atoms with Gasteiger partial charge in [-0.2, -0.15) is 0 Å². The van der Waals surface area contributed by atoms with Crippen LogP contribution in [0.25, 0.3) is 0 Å². The third kappa shape index (κ3) is 2.82. The number of carbonyl (C=O) groups is 1. The Labute approximate surface area is 124 Å². The van der Waals surface area contributed by atoms with Gasteiger partial charge in [0.1, 0.15) is 0 Å². The van der Waals surface area contributed by atoms with Crippen molar-refractivity contribution in [2.24, 2.45) is 5.92 Å². The molecule has 2 heterocycles. The predicted molar refractivity (Wildman–Crippen MR) is 77.6 cm³/mol. The number of amides is 1. The Bertz CT molecular complexity index is 508. The average molecular weight is 295 g/mol. The highest BCUT2D eigenvalue weighted by molar-refractivity contribution is 6.30. The molecule has 1 aromatic carbocycles. The molecule has 2 aliphatic rings. The first-order chi connectivity index (χ1) is 9.65. The van der Waals surface area contributed by atoms with Crippen LogP contribution in [0.15, 0.2) is 24.3 Å². The zero-order valence-corrected chi connectivity index (χ0v) is 12.3. The number of fused-ring (bicyclic) bond motifs is 2. The van der Waals surface area contributed by atoms with E-state index in [4.69, 9.17) is 16.3 Å². The number of benzene rings is 1. The van der Waals surface area contributed by atoms with Gasteiger partial charge in [0.2, 0.25) is 5.91 Å². The van der Waals surface area contributed by atoms with Gasteiger partial charge in [-0.1, -0.05) is 23.7 Å². The third-order valence-corrected chi connectivity index (χ3v) is 4.35. The minimum absolute atomic E-state index is 0.00522. The second-order valence-electron chi connectivity index (χ2n) is 5.58. The fraction of sp³-hybridized carbons (Fsp3) is 0.533. The van der Waals surface area contributed by atoms with Crippen LogP contribution in [-0.2, 0) is 16.1 Å². The molecule has 0 spiro atoms. The maximum Gasteiger partial charge on any atom is 0.225 e. The van der Waals surface area contributed by atoms with Crippen LogP contribution in [-0.4, -0.2) is 43.2 Å². The summed E-state index contributed by atoms with van der Waals surface area (Å²) >= 11 is 6.02. The second kappa shape index (κ2) is 5.72. The Morgan fingerprint density at radius 3 is 3.10 bits per heavy atom. The lowest BCUT2D eigenvalue weighted by molar-refractivity contribution is -0.127. The molecule has 20 heavy (non-hydrogen) atoms. The Morgan fingerprint density at radius 1 is 1.50 bits per heavy atom. The molecule has 0 aromatic heterocycles. The quantitative estimate of drug-likeness (QED) is 0.922. The van der Waals surface area contributed by atoms with E-state index in [1.807, 2.05) is 18.2 Å².